The maximum atomic E-state index is 11.8. The molecule has 4 nitrogen and oxygen atoms in total. The molecule has 1 aromatic heterocycles. The summed E-state index contributed by atoms with van der Waals surface area (Å²) in [5.41, 5.74) is 1.02. The van der Waals surface area contributed by atoms with E-state index in [1.165, 1.54) is 0 Å². The highest BCUT2D eigenvalue weighted by Crippen LogP contribution is 2.19. The Morgan fingerprint density at radius 1 is 1.67 bits per heavy atom. The van der Waals surface area contributed by atoms with Crippen LogP contribution in [0.15, 0.2) is 10.5 Å². The molecule has 0 atom stereocenters. The molecule has 0 aromatic carbocycles. The number of likely N-dealkylation sites (tertiary alicyclic amines) is 1. The summed E-state index contributed by atoms with van der Waals surface area (Å²) in [6.45, 7) is 4.76. The van der Waals surface area contributed by atoms with Gasteiger partial charge in [-0.15, -0.1) is 0 Å². The lowest BCUT2D eigenvalue weighted by Crippen LogP contribution is -2.53. The minimum atomic E-state index is -0.365. The van der Waals surface area contributed by atoms with Crippen LogP contribution in [-0.2, 0) is 6.42 Å². The van der Waals surface area contributed by atoms with Gasteiger partial charge in [-0.1, -0.05) is 6.92 Å². The van der Waals surface area contributed by atoms with Crippen LogP contribution in [-0.4, -0.2) is 35.1 Å². The van der Waals surface area contributed by atoms with Gasteiger partial charge in [0.25, 0.3) is 5.91 Å². The van der Waals surface area contributed by atoms with E-state index in [4.69, 9.17) is 9.52 Å². The first-order valence-corrected chi connectivity index (χ1v) is 5.18. The number of aryl methyl sites for hydroxylation is 2. The van der Waals surface area contributed by atoms with Gasteiger partial charge >= 0.3 is 0 Å². The van der Waals surface area contributed by atoms with Crippen LogP contribution in [0, 0.1) is 6.92 Å². The van der Waals surface area contributed by atoms with Crippen LogP contribution < -0.4 is 0 Å². The Kier molecular flexibility index (Phi) is 2.52. The van der Waals surface area contributed by atoms with Gasteiger partial charge < -0.3 is 14.4 Å². The highest BCUT2D eigenvalue weighted by molar-refractivity contribution is 5.92. The molecule has 4 heteroatoms. The predicted molar refractivity (Wildman–Crippen MR) is 54.7 cm³/mol. The van der Waals surface area contributed by atoms with Crippen molar-refractivity contribution in [2.75, 3.05) is 13.1 Å². The molecular weight excluding hydrogens is 194 g/mol. The van der Waals surface area contributed by atoms with E-state index in [9.17, 15) is 4.79 Å². The molecular formula is C11H15NO3. The third-order valence-corrected chi connectivity index (χ3v) is 2.70. The molecule has 1 N–H and O–H groups in total. The number of aliphatic hydroxyl groups is 1. The molecule has 82 valence electrons. The van der Waals surface area contributed by atoms with Crippen LogP contribution in [0.25, 0.3) is 0 Å². The first-order chi connectivity index (χ1) is 7.11. The van der Waals surface area contributed by atoms with Gasteiger partial charge in [0.05, 0.1) is 6.10 Å². The Hall–Kier alpha value is -1.29. The molecule has 1 aromatic rings. The lowest BCUT2D eigenvalue weighted by atomic mass is 10.1. The summed E-state index contributed by atoms with van der Waals surface area (Å²) in [7, 11) is 0. The van der Waals surface area contributed by atoms with Crippen molar-refractivity contribution in [1.82, 2.24) is 4.90 Å². The molecule has 0 saturated carbocycles. The van der Waals surface area contributed by atoms with Gasteiger partial charge in [0.2, 0.25) is 0 Å². The van der Waals surface area contributed by atoms with E-state index in [-0.39, 0.29) is 12.0 Å². The lowest BCUT2D eigenvalue weighted by Gasteiger charge is -2.35. The van der Waals surface area contributed by atoms with Crippen LogP contribution in [0.3, 0.4) is 0 Å². The normalized spacial score (nSPS) is 16.6. The number of carbonyl (C=O) groups is 1. The van der Waals surface area contributed by atoms with E-state index in [1.807, 2.05) is 13.8 Å². The first kappa shape index (κ1) is 10.2. The lowest BCUT2D eigenvalue weighted by molar-refractivity contribution is 0.00384. The standard InChI is InChI=1S/C11H15NO3/c1-3-9-7(2)4-10(15-9)11(14)12-5-8(13)6-12/h4,8,13H,3,5-6H2,1-2H3. The van der Waals surface area contributed by atoms with Crippen LogP contribution in [0.5, 0.6) is 0 Å². The fourth-order valence-electron chi connectivity index (χ4n) is 1.75. The molecule has 0 spiro atoms. The molecule has 1 amide bonds. The smallest absolute Gasteiger partial charge is 0.289 e. The number of β-amino-alcohol motifs (C(OH)–C–C–N with tert-alkyl or cyclic N) is 1. The first-order valence-electron chi connectivity index (χ1n) is 5.18. The summed E-state index contributed by atoms with van der Waals surface area (Å²) in [4.78, 5) is 13.4. The van der Waals surface area contributed by atoms with Crippen molar-refractivity contribution < 1.29 is 14.3 Å². The summed E-state index contributed by atoms with van der Waals surface area (Å²) >= 11 is 0. The minimum absolute atomic E-state index is 0.122. The Morgan fingerprint density at radius 3 is 2.80 bits per heavy atom. The summed E-state index contributed by atoms with van der Waals surface area (Å²) in [6, 6.07) is 1.77. The van der Waals surface area contributed by atoms with Gasteiger partial charge in [-0.05, 0) is 18.6 Å². The van der Waals surface area contributed by atoms with Gasteiger partial charge in [0.1, 0.15) is 5.76 Å². The minimum Gasteiger partial charge on any atom is -0.456 e. The molecule has 1 fully saturated rings. The summed E-state index contributed by atoms with van der Waals surface area (Å²) < 4.78 is 5.44. The maximum absolute atomic E-state index is 11.8. The van der Waals surface area contributed by atoms with Crippen LogP contribution in [0.4, 0.5) is 0 Å². The number of amides is 1. The Balaban J connectivity index is 2.12. The van der Waals surface area contributed by atoms with Gasteiger partial charge in [-0.2, -0.15) is 0 Å². The molecule has 1 saturated heterocycles. The Labute approximate surface area is 88.5 Å². The second-order valence-electron chi connectivity index (χ2n) is 3.93. The average Bonchev–Trinajstić information content (AvgIpc) is 2.54. The van der Waals surface area contributed by atoms with Gasteiger partial charge in [-0.25, -0.2) is 0 Å². The highest BCUT2D eigenvalue weighted by atomic mass is 16.4. The van der Waals surface area contributed by atoms with Crippen molar-refractivity contribution in [2.24, 2.45) is 0 Å². The number of carbonyl (C=O) groups excluding carboxylic acids is 1. The van der Waals surface area contributed by atoms with Crippen LogP contribution in [0.2, 0.25) is 0 Å². The number of rotatable bonds is 2. The number of nitrogens with zero attached hydrogens (tertiary/aromatic N) is 1. The molecule has 1 aliphatic heterocycles. The second-order valence-corrected chi connectivity index (χ2v) is 3.93. The Morgan fingerprint density at radius 2 is 2.33 bits per heavy atom. The van der Waals surface area contributed by atoms with E-state index in [2.05, 4.69) is 0 Å². The van der Waals surface area contributed by atoms with Crippen LogP contribution in [0.1, 0.15) is 28.8 Å². The van der Waals surface area contributed by atoms with Crippen molar-refractivity contribution in [2.45, 2.75) is 26.4 Å². The van der Waals surface area contributed by atoms with Gasteiger partial charge in [-0.3, -0.25) is 4.79 Å². The number of furan rings is 1. The van der Waals surface area contributed by atoms with Gasteiger partial charge in [0, 0.05) is 19.5 Å². The topological polar surface area (TPSA) is 53.7 Å². The van der Waals surface area contributed by atoms with E-state index in [1.54, 1.807) is 11.0 Å². The predicted octanol–water partition coefficient (Wildman–Crippen LogP) is 0.967. The van der Waals surface area contributed by atoms with E-state index < -0.39 is 0 Å². The molecule has 0 aliphatic carbocycles. The zero-order valence-electron chi connectivity index (χ0n) is 8.99. The zero-order valence-corrected chi connectivity index (χ0v) is 8.99. The summed E-state index contributed by atoms with van der Waals surface area (Å²) in [5, 5.41) is 9.10. The molecule has 15 heavy (non-hydrogen) atoms. The summed E-state index contributed by atoms with van der Waals surface area (Å²) in [5.74, 6) is 1.12. The van der Waals surface area contributed by atoms with Gasteiger partial charge in [0.15, 0.2) is 5.76 Å². The summed E-state index contributed by atoms with van der Waals surface area (Å²) in [6.07, 6.45) is 0.428. The fraction of sp³-hybridized carbons (Fsp3) is 0.545. The third kappa shape index (κ3) is 1.77. The number of hydrogen-bond acceptors (Lipinski definition) is 3. The zero-order chi connectivity index (χ0) is 11.0. The van der Waals surface area contributed by atoms with Crippen LogP contribution >= 0.6 is 0 Å². The molecule has 2 heterocycles. The Bertz CT molecular complexity index is 377. The van der Waals surface area contributed by atoms with Crippen molar-refractivity contribution in [3.05, 3.63) is 23.2 Å². The molecule has 0 unspecified atom stereocenters. The van der Waals surface area contributed by atoms with Crippen molar-refractivity contribution >= 4 is 5.91 Å². The fourth-order valence-corrected chi connectivity index (χ4v) is 1.75. The van der Waals surface area contributed by atoms with E-state index in [0.717, 1.165) is 17.7 Å². The largest absolute Gasteiger partial charge is 0.456 e. The molecule has 2 rings (SSSR count). The molecule has 0 bridgehead atoms. The molecule has 0 radical (unpaired) electrons. The number of hydrogen-bond donors (Lipinski definition) is 1. The SMILES string of the molecule is CCc1oc(C(=O)N2CC(O)C2)cc1C. The van der Waals surface area contributed by atoms with Crippen molar-refractivity contribution in [1.29, 1.82) is 0 Å². The van der Waals surface area contributed by atoms with Crippen molar-refractivity contribution in [3.8, 4) is 0 Å². The highest BCUT2D eigenvalue weighted by Gasteiger charge is 2.31. The van der Waals surface area contributed by atoms with E-state index >= 15 is 0 Å². The monoisotopic (exact) mass is 209 g/mol. The second kappa shape index (κ2) is 3.70. The van der Waals surface area contributed by atoms with E-state index in [0.29, 0.717) is 18.8 Å². The number of aliphatic hydroxyl groups excluding tert-OH is 1. The van der Waals surface area contributed by atoms with Crippen molar-refractivity contribution in [3.63, 3.8) is 0 Å². The molecule has 1 aliphatic rings. The third-order valence-electron chi connectivity index (χ3n) is 2.70. The quantitative estimate of drug-likeness (QED) is 0.789. The average molecular weight is 209 g/mol. The maximum Gasteiger partial charge on any atom is 0.289 e.